The number of hydrogen-bond donors (Lipinski definition) is 1. The Labute approximate surface area is 179 Å². The lowest BCUT2D eigenvalue weighted by atomic mass is 9.77. The van der Waals surface area contributed by atoms with Gasteiger partial charge in [-0.25, -0.2) is 4.79 Å². The van der Waals surface area contributed by atoms with Gasteiger partial charge in [-0.1, -0.05) is 30.3 Å². The van der Waals surface area contributed by atoms with Crippen molar-refractivity contribution < 1.29 is 18.8 Å². The predicted octanol–water partition coefficient (Wildman–Crippen LogP) is 4.77. The molecular weight excluding hydrogens is 379 g/mol. The van der Waals surface area contributed by atoms with Crippen LogP contribution in [0.5, 0.6) is 0 Å². The molecule has 2 heterocycles. The minimum Gasteiger partial charge on any atom is -0.444 e. The van der Waals surface area contributed by atoms with Crippen molar-refractivity contribution in [3.63, 3.8) is 0 Å². The van der Waals surface area contributed by atoms with Crippen molar-refractivity contribution in [2.75, 3.05) is 6.54 Å². The molecular formula is C23H31BN2O4. The van der Waals surface area contributed by atoms with Crippen molar-refractivity contribution in [2.24, 2.45) is 0 Å². The van der Waals surface area contributed by atoms with Gasteiger partial charge in [0.2, 0.25) is 0 Å². The van der Waals surface area contributed by atoms with Crippen LogP contribution >= 0.6 is 0 Å². The number of rotatable bonds is 4. The number of ether oxygens (including phenoxy) is 1. The van der Waals surface area contributed by atoms with Gasteiger partial charge in [0.05, 0.1) is 16.7 Å². The summed E-state index contributed by atoms with van der Waals surface area (Å²) in [5.74, 6) is 0. The average molecular weight is 410 g/mol. The largest absolute Gasteiger partial charge is 0.492 e. The molecule has 1 aliphatic rings. The number of amides is 1. The molecule has 0 saturated carbocycles. The maximum atomic E-state index is 12.2. The smallest absolute Gasteiger partial charge is 0.444 e. The normalized spacial score (nSPS) is 18.5. The Bertz CT molecular complexity index is 942. The zero-order valence-electron chi connectivity index (χ0n) is 18.9. The Hall–Kier alpha value is -2.38. The molecule has 160 valence electrons. The van der Waals surface area contributed by atoms with Crippen LogP contribution in [-0.4, -0.2) is 41.5 Å². The minimum absolute atomic E-state index is 0.231. The van der Waals surface area contributed by atoms with Crippen molar-refractivity contribution >= 4 is 30.2 Å². The molecule has 2 aromatic rings. The van der Waals surface area contributed by atoms with Gasteiger partial charge in [-0.3, -0.25) is 4.98 Å². The second-order valence-electron chi connectivity index (χ2n) is 9.59. The van der Waals surface area contributed by atoms with Gasteiger partial charge in [0.15, 0.2) is 0 Å². The molecule has 3 rings (SSSR count). The van der Waals surface area contributed by atoms with Gasteiger partial charge >= 0.3 is 13.2 Å². The zero-order chi connectivity index (χ0) is 22.2. The molecule has 0 unspecified atom stereocenters. The van der Waals surface area contributed by atoms with E-state index in [1.165, 1.54) is 0 Å². The number of nitrogens with zero attached hydrogens (tertiary/aromatic N) is 1. The van der Waals surface area contributed by atoms with Crippen molar-refractivity contribution in [1.82, 2.24) is 10.3 Å². The summed E-state index contributed by atoms with van der Waals surface area (Å²) < 4.78 is 17.9. The highest BCUT2D eigenvalue weighted by Gasteiger charge is 2.52. The number of carbonyl (C=O) groups is 1. The van der Waals surface area contributed by atoms with E-state index in [2.05, 4.69) is 10.3 Å². The summed E-state index contributed by atoms with van der Waals surface area (Å²) >= 11 is 0. The number of carbonyl (C=O) groups excluding carboxylic acids is 1. The highest BCUT2D eigenvalue weighted by atomic mass is 16.7. The average Bonchev–Trinajstić information content (AvgIpc) is 2.84. The van der Waals surface area contributed by atoms with Crippen molar-refractivity contribution in [3.8, 4) is 0 Å². The molecule has 0 atom stereocenters. The monoisotopic (exact) mass is 410 g/mol. The van der Waals surface area contributed by atoms with E-state index >= 15 is 0 Å². The van der Waals surface area contributed by atoms with Crippen LogP contribution in [0.25, 0.3) is 17.0 Å². The summed E-state index contributed by atoms with van der Waals surface area (Å²) in [5, 5.41) is 3.87. The number of benzene rings is 1. The van der Waals surface area contributed by atoms with Gasteiger partial charge < -0.3 is 19.4 Å². The summed E-state index contributed by atoms with van der Waals surface area (Å²) in [5.41, 5.74) is 1.06. The van der Waals surface area contributed by atoms with Gasteiger partial charge in [-0.15, -0.1) is 0 Å². The van der Waals surface area contributed by atoms with Crippen LogP contribution in [0.1, 0.15) is 54.0 Å². The first kappa shape index (κ1) is 22.3. The van der Waals surface area contributed by atoms with E-state index in [-0.39, 0.29) is 6.54 Å². The Morgan fingerprint density at radius 1 is 1.13 bits per heavy atom. The number of pyridine rings is 1. The maximum absolute atomic E-state index is 12.2. The summed E-state index contributed by atoms with van der Waals surface area (Å²) in [7, 11) is -0.594. The maximum Gasteiger partial charge on any atom is 0.492 e. The van der Waals surface area contributed by atoms with Crippen LogP contribution in [0.3, 0.4) is 0 Å². The molecule has 0 aliphatic carbocycles. The number of hydrogen-bond acceptors (Lipinski definition) is 5. The van der Waals surface area contributed by atoms with Crippen LogP contribution < -0.4 is 5.32 Å². The lowest BCUT2D eigenvalue weighted by Crippen LogP contribution is -2.41. The Morgan fingerprint density at radius 3 is 2.40 bits per heavy atom. The molecule has 0 spiro atoms. The molecule has 1 aromatic heterocycles. The van der Waals surface area contributed by atoms with E-state index in [0.717, 1.165) is 21.9 Å². The van der Waals surface area contributed by atoms with E-state index in [1.807, 2.05) is 84.9 Å². The lowest BCUT2D eigenvalue weighted by Gasteiger charge is -2.32. The molecule has 1 fully saturated rings. The fraction of sp³-hybridized carbons (Fsp3) is 0.478. The van der Waals surface area contributed by atoms with Crippen LogP contribution in [0, 0.1) is 0 Å². The standard InChI is InChI=1S/C23H31BN2O4/c1-21(2,3)28-20(27)26-15-18(24-29-22(4,5)23(6,7)30-24)14-17-11-8-10-16-12-9-13-25-19(16)17/h8-14H,15H2,1-7H3,(H,26,27). The van der Waals surface area contributed by atoms with E-state index in [0.29, 0.717) is 0 Å². The van der Waals surface area contributed by atoms with Crippen LogP contribution in [-0.2, 0) is 14.0 Å². The number of fused-ring (bicyclic) bond motifs is 1. The highest BCUT2D eigenvalue weighted by Crippen LogP contribution is 2.39. The summed E-state index contributed by atoms with van der Waals surface area (Å²) in [6, 6.07) is 9.93. The number of aromatic nitrogens is 1. The molecule has 30 heavy (non-hydrogen) atoms. The third-order valence-corrected chi connectivity index (χ3v) is 5.40. The molecule has 1 N–H and O–H groups in total. The zero-order valence-corrected chi connectivity index (χ0v) is 18.9. The molecule has 6 nitrogen and oxygen atoms in total. The Morgan fingerprint density at radius 2 is 1.77 bits per heavy atom. The van der Waals surface area contributed by atoms with Gasteiger partial charge in [0.25, 0.3) is 0 Å². The number of alkyl carbamates (subject to hydrolysis) is 1. The first-order valence-electron chi connectivity index (χ1n) is 10.2. The van der Waals surface area contributed by atoms with Gasteiger partial charge in [-0.05, 0) is 60.0 Å². The second kappa shape index (κ2) is 8.04. The molecule has 1 aromatic carbocycles. The molecule has 7 heteroatoms. The van der Waals surface area contributed by atoms with Crippen LogP contribution in [0.15, 0.2) is 42.0 Å². The number of nitrogens with one attached hydrogen (secondary N) is 1. The summed E-state index contributed by atoms with van der Waals surface area (Å²) in [6.07, 6.45) is 3.27. The van der Waals surface area contributed by atoms with Gasteiger partial charge in [-0.2, -0.15) is 0 Å². The summed E-state index contributed by atoms with van der Waals surface area (Å²) in [6.45, 7) is 13.8. The third kappa shape index (κ3) is 5.02. The van der Waals surface area contributed by atoms with Crippen molar-refractivity contribution in [2.45, 2.75) is 65.3 Å². The van der Waals surface area contributed by atoms with E-state index < -0.39 is 30.0 Å². The fourth-order valence-corrected chi connectivity index (χ4v) is 3.13. The topological polar surface area (TPSA) is 69.7 Å². The van der Waals surface area contributed by atoms with E-state index in [4.69, 9.17) is 14.0 Å². The Kier molecular flexibility index (Phi) is 5.98. The molecule has 1 aliphatic heterocycles. The van der Waals surface area contributed by atoms with Crippen LogP contribution in [0.4, 0.5) is 4.79 Å². The van der Waals surface area contributed by atoms with Gasteiger partial charge in [0.1, 0.15) is 5.60 Å². The lowest BCUT2D eigenvalue weighted by molar-refractivity contribution is 0.00578. The predicted molar refractivity (Wildman–Crippen MR) is 120 cm³/mol. The first-order chi connectivity index (χ1) is 13.9. The third-order valence-electron chi connectivity index (χ3n) is 5.40. The molecule has 0 radical (unpaired) electrons. The quantitative estimate of drug-likeness (QED) is 0.735. The van der Waals surface area contributed by atoms with Crippen molar-refractivity contribution in [3.05, 3.63) is 47.6 Å². The van der Waals surface area contributed by atoms with E-state index in [1.54, 1.807) is 6.20 Å². The fourth-order valence-electron chi connectivity index (χ4n) is 3.13. The molecule has 0 bridgehead atoms. The summed E-state index contributed by atoms with van der Waals surface area (Å²) in [4.78, 5) is 16.8. The van der Waals surface area contributed by atoms with E-state index in [9.17, 15) is 4.79 Å². The SMILES string of the molecule is CC(C)(C)OC(=O)NCC(=Cc1cccc2cccnc12)B1OC(C)(C)C(C)(C)O1. The van der Waals surface area contributed by atoms with Crippen LogP contribution in [0.2, 0.25) is 0 Å². The minimum atomic E-state index is -0.594. The van der Waals surface area contributed by atoms with Crippen molar-refractivity contribution in [1.29, 1.82) is 0 Å². The number of para-hydroxylation sites is 1. The van der Waals surface area contributed by atoms with Gasteiger partial charge in [0, 0.05) is 23.7 Å². The Balaban J connectivity index is 1.93. The first-order valence-corrected chi connectivity index (χ1v) is 10.2. The highest BCUT2D eigenvalue weighted by molar-refractivity contribution is 6.56. The second-order valence-corrected chi connectivity index (χ2v) is 9.59. The molecule has 1 amide bonds. The molecule has 1 saturated heterocycles.